The van der Waals surface area contributed by atoms with Crippen molar-refractivity contribution in [2.75, 3.05) is 5.73 Å². The lowest BCUT2D eigenvalue weighted by molar-refractivity contribution is -0.137. The maximum Gasteiger partial charge on any atom is 0.417 e. The zero-order chi connectivity index (χ0) is 24.5. The van der Waals surface area contributed by atoms with Crippen LogP contribution < -0.4 is 5.73 Å². The Labute approximate surface area is 193 Å². The van der Waals surface area contributed by atoms with Crippen LogP contribution in [-0.4, -0.2) is 25.9 Å². The maximum atomic E-state index is 13.5. The number of nitrogens with two attached hydrogens (primary N) is 1. The van der Waals surface area contributed by atoms with Crippen LogP contribution in [0.1, 0.15) is 32.7 Å². The minimum Gasteiger partial charge on any atom is -0.508 e. The fraction of sp³-hybridized carbons (Fsp3) is 0.160. The molecule has 2 aromatic carbocycles. The molecule has 0 saturated heterocycles. The summed E-state index contributed by atoms with van der Waals surface area (Å²) in [7, 11) is 0. The maximum absolute atomic E-state index is 13.5. The quantitative estimate of drug-likeness (QED) is 0.428. The Balaban J connectivity index is 1.67. The third kappa shape index (κ3) is 5.09. The van der Waals surface area contributed by atoms with Gasteiger partial charge in [-0.3, -0.25) is 9.78 Å². The van der Waals surface area contributed by atoms with Gasteiger partial charge < -0.3 is 15.7 Å². The molecule has 2 aromatic heterocycles. The average Bonchev–Trinajstić information content (AvgIpc) is 2.78. The summed E-state index contributed by atoms with van der Waals surface area (Å²) >= 11 is 0. The fourth-order valence-corrected chi connectivity index (χ4v) is 3.57. The first-order valence-electron chi connectivity index (χ1n) is 10.4. The van der Waals surface area contributed by atoms with E-state index in [4.69, 9.17) is 5.73 Å². The number of carbonyl (C=O) groups is 1. The third-order valence-corrected chi connectivity index (χ3v) is 5.37. The molecule has 174 valence electrons. The SMILES string of the molecule is Cc1cc2cc(C(=O)N(Cc3cccc(O)c3)Cc3ccc(C(F)(F)F)cn3)ccc2nc1N. The van der Waals surface area contributed by atoms with Crippen molar-refractivity contribution in [3.05, 3.63) is 94.8 Å². The van der Waals surface area contributed by atoms with Crippen LogP contribution in [0.25, 0.3) is 10.9 Å². The number of anilines is 1. The van der Waals surface area contributed by atoms with Gasteiger partial charge in [0.2, 0.25) is 0 Å². The summed E-state index contributed by atoms with van der Waals surface area (Å²) in [5.74, 6) is 0.106. The Kier molecular flexibility index (Phi) is 6.10. The molecule has 0 aliphatic heterocycles. The van der Waals surface area contributed by atoms with Crippen LogP contribution in [0.4, 0.5) is 19.0 Å². The van der Waals surface area contributed by atoms with Gasteiger partial charge in [-0.05, 0) is 66.6 Å². The summed E-state index contributed by atoms with van der Waals surface area (Å²) in [5, 5.41) is 10.5. The second-order valence-corrected chi connectivity index (χ2v) is 7.97. The van der Waals surface area contributed by atoms with Crippen molar-refractivity contribution in [3.63, 3.8) is 0 Å². The summed E-state index contributed by atoms with van der Waals surface area (Å²) < 4.78 is 38.7. The molecule has 4 aromatic rings. The number of aromatic nitrogens is 2. The molecule has 0 unspecified atom stereocenters. The number of amides is 1. The number of benzene rings is 2. The summed E-state index contributed by atoms with van der Waals surface area (Å²) in [6.07, 6.45) is -3.75. The van der Waals surface area contributed by atoms with Gasteiger partial charge in [0.05, 0.1) is 23.3 Å². The van der Waals surface area contributed by atoms with Crippen LogP contribution in [0.2, 0.25) is 0 Å². The van der Waals surface area contributed by atoms with Crippen LogP contribution in [0, 0.1) is 6.92 Å². The first-order chi connectivity index (χ1) is 16.1. The largest absolute Gasteiger partial charge is 0.508 e. The number of nitrogen functional groups attached to an aromatic ring is 1. The van der Waals surface area contributed by atoms with Crippen molar-refractivity contribution in [2.24, 2.45) is 0 Å². The summed E-state index contributed by atoms with van der Waals surface area (Å²) in [6.45, 7) is 1.91. The topological polar surface area (TPSA) is 92.3 Å². The van der Waals surface area contributed by atoms with Crippen molar-refractivity contribution < 1.29 is 23.1 Å². The van der Waals surface area contributed by atoms with Crippen molar-refractivity contribution >= 4 is 22.6 Å². The van der Waals surface area contributed by atoms with Gasteiger partial charge in [-0.15, -0.1) is 0 Å². The number of phenolic OH excluding ortho intramolecular Hbond substituents is 1. The van der Waals surface area contributed by atoms with E-state index in [0.29, 0.717) is 28.2 Å². The number of hydrogen-bond acceptors (Lipinski definition) is 5. The normalized spacial score (nSPS) is 11.5. The van der Waals surface area contributed by atoms with E-state index in [0.717, 1.165) is 23.2 Å². The monoisotopic (exact) mass is 466 g/mol. The van der Waals surface area contributed by atoms with E-state index in [1.54, 1.807) is 30.3 Å². The number of pyridine rings is 2. The van der Waals surface area contributed by atoms with Crippen LogP contribution in [0.3, 0.4) is 0 Å². The van der Waals surface area contributed by atoms with Gasteiger partial charge in [0.1, 0.15) is 11.6 Å². The Hall–Kier alpha value is -4.14. The van der Waals surface area contributed by atoms with E-state index in [1.165, 1.54) is 23.1 Å². The molecular weight excluding hydrogens is 445 g/mol. The van der Waals surface area contributed by atoms with Crippen molar-refractivity contribution in [1.29, 1.82) is 0 Å². The zero-order valence-corrected chi connectivity index (χ0v) is 18.2. The van der Waals surface area contributed by atoms with Crippen LogP contribution in [-0.2, 0) is 19.3 Å². The van der Waals surface area contributed by atoms with Gasteiger partial charge >= 0.3 is 6.18 Å². The Morgan fingerprint density at radius 2 is 1.85 bits per heavy atom. The predicted octanol–water partition coefficient (Wildman–Crippen LogP) is 5.09. The van der Waals surface area contributed by atoms with Gasteiger partial charge in [0, 0.05) is 23.7 Å². The molecule has 1 amide bonds. The first-order valence-corrected chi connectivity index (χ1v) is 10.4. The van der Waals surface area contributed by atoms with Gasteiger partial charge in [-0.1, -0.05) is 12.1 Å². The highest BCUT2D eigenvalue weighted by Gasteiger charge is 2.30. The molecule has 0 spiro atoms. The van der Waals surface area contributed by atoms with Gasteiger partial charge in [-0.25, -0.2) is 4.98 Å². The Bertz CT molecular complexity index is 1350. The first kappa shape index (κ1) is 23.0. The predicted molar refractivity (Wildman–Crippen MR) is 122 cm³/mol. The van der Waals surface area contributed by atoms with Gasteiger partial charge in [-0.2, -0.15) is 13.2 Å². The Morgan fingerprint density at radius 1 is 1.06 bits per heavy atom. The van der Waals surface area contributed by atoms with Crippen LogP contribution >= 0.6 is 0 Å². The van der Waals surface area contributed by atoms with E-state index in [9.17, 15) is 23.1 Å². The third-order valence-electron chi connectivity index (χ3n) is 5.37. The minimum absolute atomic E-state index is 0.0241. The lowest BCUT2D eigenvalue weighted by atomic mass is 10.1. The molecule has 0 aliphatic carbocycles. The van der Waals surface area contributed by atoms with E-state index < -0.39 is 11.7 Å². The molecule has 0 saturated carbocycles. The van der Waals surface area contributed by atoms with Crippen molar-refractivity contribution in [2.45, 2.75) is 26.2 Å². The average molecular weight is 466 g/mol. The lowest BCUT2D eigenvalue weighted by Gasteiger charge is -2.23. The summed E-state index contributed by atoms with van der Waals surface area (Å²) in [5.41, 5.74) is 7.77. The van der Waals surface area contributed by atoms with E-state index in [1.807, 2.05) is 13.0 Å². The van der Waals surface area contributed by atoms with Gasteiger partial charge in [0.15, 0.2) is 0 Å². The molecule has 34 heavy (non-hydrogen) atoms. The number of hydrogen-bond donors (Lipinski definition) is 2. The number of carbonyl (C=O) groups excluding carboxylic acids is 1. The molecule has 0 radical (unpaired) electrons. The molecule has 0 aliphatic rings. The van der Waals surface area contributed by atoms with E-state index >= 15 is 0 Å². The summed E-state index contributed by atoms with van der Waals surface area (Å²) in [4.78, 5) is 23.2. The number of alkyl halides is 3. The molecular formula is C25H21F3N4O2. The molecule has 9 heteroatoms. The molecule has 2 heterocycles. The number of nitrogens with zero attached hydrogens (tertiary/aromatic N) is 3. The highest BCUT2D eigenvalue weighted by atomic mass is 19.4. The molecule has 0 atom stereocenters. The standard InChI is InChI=1S/C25H21F3N4O2/c1-15-9-18-11-17(5-8-22(18)31-23(15)29)24(34)32(13-16-3-2-4-21(33)10-16)14-20-7-6-19(12-30-20)25(26,27)28/h2-12,33H,13-14H2,1H3,(H2,29,31). The molecule has 3 N–H and O–H groups in total. The van der Waals surface area contributed by atoms with Crippen LogP contribution in [0.15, 0.2) is 66.9 Å². The highest BCUT2D eigenvalue weighted by Crippen LogP contribution is 2.29. The molecule has 4 rings (SSSR count). The Morgan fingerprint density at radius 3 is 2.53 bits per heavy atom. The van der Waals surface area contributed by atoms with Gasteiger partial charge in [0.25, 0.3) is 5.91 Å². The number of rotatable bonds is 5. The second kappa shape index (κ2) is 9.01. The summed E-state index contributed by atoms with van der Waals surface area (Å²) in [6, 6.07) is 15.5. The highest BCUT2D eigenvalue weighted by molar-refractivity contribution is 5.98. The molecule has 6 nitrogen and oxygen atoms in total. The smallest absolute Gasteiger partial charge is 0.417 e. The van der Waals surface area contributed by atoms with Crippen molar-refractivity contribution in [1.82, 2.24) is 14.9 Å². The molecule has 0 bridgehead atoms. The number of aromatic hydroxyl groups is 1. The number of aryl methyl sites for hydroxylation is 1. The van der Waals surface area contributed by atoms with E-state index in [2.05, 4.69) is 9.97 Å². The molecule has 0 fully saturated rings. The van der Waals surface area contributed by atoms with E-state index in [-0.39, 0.29) is 24.7 Å². The minimum atomic E-state index is -4.50. The number of fused-ring (bicyclic) bond motifs is 1. The lowest BCUT2D eigenvalue weighted by Crippen LogP contribution is -2.30. The second-order valence-electron chi connectivity index (χ2n) is 7.97. The van der Waals surface area contributed by atoms with Crippen LogP contribution in [0.5, 0.6) is 5.75 Å². The zero-order valence-electron chi connectivity index (χ0n) is 18.2. The van der Waals surface area contributed by atoms with Crippen molar-refractivity contribution in [3.8, 4) is 5.75 Å². The number of halogens is 3. The number of phenols is 1. The fourth-order valence-electron chi connectivity index (χ4n) is 3.57.